The van der Waals surface area contributed by atoms with Crippen LogP contribution in [0.5, 0.6) is 0 Å². The van der Waals surface area contributed by atoms with Gasteiger partial charge in [0.05, 0.1) is 28.7 Å². The third-order valence-corrected chi connectivity index (χ3v) is 6.57. The first-order valence-electron chi connectivity index (χ1n) is 8.90. The molecule has 146 valence electrons. The number of amides is 1. The molecule has 1 N–H and O–H groups in total. The minimum atomic E-state index is -3.67. The number of benzene rings is 1. The van der Waals surface area contributed by atoms with E-state index in [2.05, 4.69) is 19.2 Å². The van der Waals surface area contributed by atoms with E-state index in [9.17, 15) is 13.2 Å². The molecule has 26 heavy (non-hydrogen) atoms. The highest BCUT2D eigenvalue weighted by molar-refractivity contribution is 7.89. The lowest BCUT2D eigenvalue weighted by Gasteiger charge is -2.26. The van der Waals surface area contributed by atoms with E-state index >= 15 is 0 Å². The number of carbonyl (C=O) groups is 1. The third-order valence-electron chi connectivity index (χ3n) is 4.34. The summed E-state index contributed by atoms with van der Waals surface area (Å²) in [5, 5.41) is 3.13. The molecule has 1 fully saturated rings. The maximum Gasteiger partial charge on any atom is 0.253 e. The molecular formula is C18H27ClN2O4S. The maximum absolute atomic E-state index is 12.8. The van der Waals surface area contributed by atoms with E-state index in [0.29, 0.717) is 32.2 Å². The van der Waals surface area contributed by atoms with E-state index in [1.54, 1.807) is 0 Å². The Morgan fingerprint density at radius 1 is 1.23 bits per heavy atom. The predicted octanol–water partition coefficient (Wildman–Crippen LogP) is 2.92. The summed E-state index contributed by atoms with van der Waals surface area (Å²) in [6.45, 7) is 7.54. The second-order valence-electron chi connectivity index (χ2n) is 7.00. The van der Waals surface area contributed by atoms with Crippen LogP contribution in [-0.2, 0) is 14.8 Å². The largest absolute Gasteiger partial charge is 0.379 e. The highest BCUT2D eigenvalue weighted by Crippen LogP contribution is 2.24. The number of sulfonamides is 1. The molecule has 0 aliphatic carbocycles. The van der Waals surface area contributed by atoms with Gasteiger partial charge in [0.1, 0.15) is 0 Å². The molecular weight excluding hydrogens is 376 g/mol. The fraction of sp³-hybridized carbons (Fsp3) is 0.611. The molecule has 0 aromatic heterocycles. The minimum Gasteiger partial charge on any atom is -0.379 e. The first kappa shape index (κ1) is 21.2. The molecule has 1 aromatic rings. The monoisotopic (exact) mass is 402 g/mol. The zero-order valence-electron chi connectivity index (χ0n) is 15.5. The summed E-state index contributed by atoms with van der Waals surface area (Å²) >= 11 is 6.15. The van der Waals surface area contributed by atoms with E-state index in [0.717, 1.165) is 12.8 Å². The number of nitrogens with zero attached hydrogens (tertiary/aromatic N) is 1. The Morgan fingerprint density at radius 3 is 2.50 bits per heavy atom. The first-order valence-corrected chi connectivity index (χ1v) is 10.7. The average Bonchev–Trinajstić information content (AvgIpc) is 2.60. The molecule has 1 saturated heterocycles. The standard InChI is InChI=1S/C18H27ClN2O4S/c1-13(2)4-5-14(3)20-18(22)16-12-15(6-7-17(16)19)26(23,24)21-8-10-25-11-9-21/h6-7,12-14H,4-5,8-11H2,1-3H3,(H,20,22). The van der Waals surface area contributed by atoms with Crippen LogP contribution < -0.4 is 5.32 Å². The van der Waals surface area contributed by atoms with Gasteiger partial charge in [-0.15, -0.1) is 0 Å². The fourth-order valence-corrected chi connectivity index (χ4v) is 4.37. The van der Waals surface area contributed by atoms with E-state index in [-0.39, 0.29) is 27.4 Å². The van der Waals surface area contributed by atoms with E-state index in [1.807, 2.05) is 6.92 Å². The number of hydrogen-bond acceptors (Lipinski definition) is 4. The van der Waals surface area contributed by atoms with Crippen LogP contribution in [0.4, 0.5) is 0 Å². The summed E-state index contributed by atoms with van der Waals surface area (Å²) < 4.78 is 32.1. The van der Waals surface area contributed by atoms with Gasteiger partial charge in [-0.3, -0.25) is 4.79 Å². The molecule has 2 rings (SSSR count). The number of ether oxygens (including phenoxy) is 1. The highest BCUT2D eigenvalue weighted by Gasteiger charge is 2.27. The van der Waals surface area contributed by atoms with Gasteiger partial charge in [0.2, 0.25) is 10.0 Å². The van der Waals surface area contributed by atoms with Crippen molar-refractivity contribution in [1.29, 1.82) is 0 Å². The number of nitrogens with one attached hydrogen (secondary N) is 1. The van der Waals surface area contributed by atoms with E-state index in [1.165, 1.54) is 22.5 Å². The lowest BCUT2D eigenvalue weighted by atomic mass is 10.0. The normalized spacial score (nSPS) is 17.3. The van der Waals surface area contributed by atoms with Gasteiger partial charge in [-0.2, -0.15) is 4.31 Å². The van der Waals surface area contributed by atoms with Crippen molar-refractivity contribution in [1.82, 2.24) is 9.62 Å². The molecule has 6 nitrogen and oxygen atoms in total. The van der Waals surface area contributed by atoms with Crippen molar-refractivity contribution in [3.63, 3.8) is 0 Å². The molecule has 1 atom stereocenters. The van der Waals surface area contributed by atoms with Gasteiger partial charge in [0.15, 0.2) is 0 Å². The third kappa shape index (κ3) is 5.42. The van der Waals surface area contributed by atoms with Crippen LogP contribution in [0.25, 0.3) is 0 Å². The van der Waals surface area contributed by atoms with Crippen molar-refractivity contribution in [2.24, 2.45) is 5.92 Å². The van der Waals surface area contributed by atoms with Crippen LogP contribution in [0, 0.1) is 5.92 Å². The number of hydrogen-bond donors (Lipinski definition) is 1. The lowest BCUT2D eigenvalue weighted by Crippen LogP contribution is -2.40. The van der Waals surface area contributed by atoms with Crippen molar-refractivity contribution in [3.8, 4) is 0 Å². The van der Waals surface area contributed by atoms with Gasteiger partial charge in [0.25, 0.3) is 5.91 Å². The van der Waals surface area contributed by atoms with Gasteiger partial charge >= 0.3 is 0 Å². The van der Waals surface area contributed by atoms with Crippen molar-refractivity contribution in [3.05, 3.63) is 28.8 Å². The fourth-order valence-electron chi connectivity index (χ4n) is 2.73. The second kappa shape index (κ2) is 9.17. The molecule has 1 aromatic carbocycles. The average molecular weight is 403 g/mol. The number of carbonyl (C=O) groups excluding carboxylic acids is 1. The van der Waals surface area contributed by atoms with Crippen molar-refractivity contribution < 1.29 is 17.9 Å². The van der Waals surface area contributed by atoms with Gasteiger partial charge in [0, 0.05) is 19.1 Å². The Morgan fingerprint density at radius 2 is 1.88 bits per heavy atom. The van der Waals surface area contributed by atoms with Crippen molar-refractivity contribution >= 4 is 27.5 Å². The summed E-state index contributed by atoms with van der Waals surface area (Å²) in [5.41, 5.74) is 0.178. The van der Waals surface area contributed by atoms with Crippen molar-refractivity contribution in [2.75, 3.05) is 26.3 Å². The van der Waals surface area contributed by atoms with Gasteiger partial charge < -0.3 is 10.1 Å². The molecule has 0 saturated carbocycles. The second-order valence-corrected chi connectivity index (χ2v) is 9.35. The Balaban J connectivity index is 2.17. The Labute approximate surface area is 160 Å². The quantitative estimate of drug-likeness (QED) is 0.760. The number of rotatable bonds is 7. The molecule has 0 spiro atoms. The number of morpholine rings is 1. The molecule has 1 amide bonds. The summed E-state index contributed by atoms with van der Waals surface area (Å²) in [6, 6.07) is 4.24. The molecule has 8 heteroatoms. The van der Waals surface area contributed by atoms with Crippen LogP contribution >= 0.6 is 11.6 Å². The van der Waals surface area contributed by atoms with Gasteiger partial charge in [-0.25, -0.2) is 8.42 Å². The Hall–Kier alpha value is -1.15. The summed E-state index contributed by atoms with van der Waals surface area (Å²) in [7, 11) is -3.67. The minimum absolute atomic E-state index is 0.0135. The Bertz CT molecular complexity index is 731. The van der Waals surface area contributed by atoms with Crippen molar-refractivity contribution in [2.45, 2.75) is 44.6 Å². The summed E-state index contributed by atoms with van der Waals surface area (Å²) in [5.74, 6) is 0.199. The Kier molecular flexibility index (Phi) is 7.46. The number of halogens is 1. The zero-order valence-corrected chi connectivity index (χ0v) is 17.1. The van der Waals surface area contributed by atoms with E-state index in [4.69, 9.17) is 16.3 Å². The van der Waals surface area contributed by atoms with Crippen LogP contribution in [0.2, 0.25) is 5.02 Å². The molecule has 1 aliphatic rings. The van der Waals surface area contributed by atoms with E-state index < -0.39 is 10.0 Å². The van der Waals surface area contributed by atoms with Crippen LogP contribution in [0.1, 0.15) is 44.0 Å². The molecule has 1 heterocycles. The summed E-state index contributed by atoms with van der Waals surface area (Å²) in [4.78, 5) is 12.6. The van der Waals surface area contributed by atoms with Gasteiger partial charge in [-0.1, -0.05) is 25.4 Å². The first-order chi connectivity index (χ1) is 12.2. The zero-order chi connectivity index (χ0) is 19.3. The topological polar surface area (TPSA) is 75.7 Å². The molecule has 1 unspecified atom stereocenters. The highest BCUT2D eigenvalue weighted by atomic mass is 35.5. The molecule has 0 bridgehead atoms. The lowest BCUT2D eigenvalue weighted by molar-refractivity contribution is 0.0730. The van der Waals surface area contributed by atoms with Gasteiger partial charge in [-0.05, 0) is 43.9 Å². The smallest absolute Gasteiger partial charge is 0.253 e. The molecule has 1 aliphatic heterocycles. The maximum atomic E-state index is 12.8. The summed E-state index contributed by atoms with van der Waals surface area (Å²) in [6.07, 6.45) is 1.85. The van der Waals surface area contributed by atoms with Crippen LogP contribution in [0.3, 0.4) is 0 Å². The van der Waals surface area contributed by atoms with Crippen LogP contribution in [-0.4, -0.2) is 51.0 Å². The predicted molar refractivity (Wildman–Crippen MR) is 102 cm³/mol. The van der Waals surface area contributed by atoms with Crippen LogP contribution in [0.15, 0.2) is 23.1 Å². The molecule has 0 radical (unpaired) electrons. The SMILES string of the molecule is CC(C)CCC(C)NC(=O)c1cc(S(=O)(=O)N2CCOCC2)ccc1Cl.